The van der Waals surface area contributed by atoms with Crippen molar-refractivity contribution in [2.45, 2.75) is 18.9 Å². The van der Waals surface area contributed by atoms with Gasteiger partial charge in [-0.2, -0.15) is 0 Å². The van der Waals surface area contributed by atoms with Crippen LogP contribution in [0.4, 0.5) is 0 Å². The van der Waals surface area contributed by atoms with Crippen LogP contribution in [-0.2, 0) is 0 Å². The Labute approximate surface area is 89.4 Å². The quantitative estimate of drug-likeness (QED) is 0.785. The number of rotatable bonds is 2. The first-order valence-electron chi connectivity index (χ1n) is 5.51. The lowest BCUT2D eigenvalue weighted by Crippen LogP contribution is -1.98. The molecule has 1 saturated carbocycles. The summed E-state index contributed by atoms with van der Waals surface area (Å²) in [4.78, 5) is 0. The van der Waals surface area contributed by atoms with Crippen LogP contribution in [0.2, 0.25) is 0 Å². The van der Waals surface area contributed by atoms with Gasteiger partial charge in [0.05, 0.1) is 6.10 Å². The molecule has 1 atom stereocenters. The van der Waals surface area contributed by atoms with Crippen LogP contribution in [-0.4, -0.2) is 5.11 Å². The average molecular weight is 198 g/mol. The minimum atomic E-state index is -0.255. The van der Waals surface area contributed by atoms with E-state index >= 15 is 0 Å². The van der Waals surface area contributed by atoms with E-state index in [1.807, 2.05) is 18.2 Å². The van der Waals surface area contributed by atoms with Gasteiger partial charge < -0.3 is 5.11 Å². The van der Waals surface area contributed by atoms with Gasteiger partial charge >= 0.3 is 0 Å². The third kappa shape index (κ3) is 1.64. The van der Waals surface area contributed by atoms with Gasteiger partial charge in [-0.25, -0.2) is 0 Å². The molecule has 0 bridgehead atoms. The summed E-state index contributed by atoms with van der Waals surface area (Å²) in [5.41, 5.74) is 1.07. The van der Waals surface area contributed by atoms with E-state index in [2.05, 4.69) is 24.3 Å². The van der Waals surface area contributed by atoms with Crippen LogP contribution >= 0.6 is 0 Å². The van der Waals surface area contributed by atoms with Gasteiger partial charge in [0, 0.05) is 0 Å². The molecular formula is C14H14O. The lowest BCUT2D eigenvalue weighted by molar-refractivity contribution is 0.154. The van der Waals surface area contributed by atoms with E-state index in [9.17, 15) is 5.11 Å². The van der Waals surface area contributed by atoms with E-state index in [0.717, 1.165) is 5.56 Å². The smallest absolute Gasteiger partial charge is 0.0818 e. The first-order valence-corrected chi connectivity index (χ1v) is 5.51. The fourth-order valence-electron chi connectivity index (χ4n) is 2.08. The number of fused-ring (bicyclic) bond motifs is 1. The van der Waals surface area contributed by atoms with Crippen LogP contribution in [0, 0.1) is 5.92 Å². The van der Waals surface area contributed by atoms with Crippen molar-refractivity contribution < 1.29 is 5.11 Å². The largest absolute Gasteiger partial charge is 0.388 e. The van der Waals surface area contributed by atoms with Gasteiger partial charge in [-0.05, 0) is 41.2 Å². The molecule has 0 aromatic heterocycles. The number of aliphatic hydroxyl groups excluding tert-OH is 1. The number of hydrogen-bond acceptors (Lipinski definition) is 1. The zero-order valence-electron chi connectivity index (χ0n) is 8.56. The Morgan fingerprint density at radius 2 is 1.73 bits per heavy atom. The van der Waals surface area contributed by atoms with Crippen LogP contribution in [0.1, 0.15) is 24.5 Å². The van der Waals surface area contributed by atoms with Crippen molar-refractivity contribution in [3.05, 3.63) is 48.0 Å². The van der Waals surface area contributed by atoms with E-state index in [0.29, 0.717) is 5.92 Å². The molecule has 0 aliphatic heterocycles. The molecular weight excluding hydrogens is 184 g/mol. The minimum Gasteiger partial charge on any atom is -0.388 e. The molecule has 1 aliphatic rings. The van der Waals surface area contributed by atoms with Crippen LogP contribution in [0.3, 0.4) is 0 Å². The number of aliphatic hydroxyl groups is 1. The molecule has 0 heterocycles. The molecule has 0 saturated heterocycles. The van der Waals surface area contributed by atoms with Crippen molar-refractivity contribution in [1.29, 1.82) is 0 Å². The molecule has 1 aliphatic carbocycles. The molecule has 76 valence electrons. The highest BCUT2D eigenvalue weighted by Gasteiger charge is 2.30. The van der Waals surface area contributed by atoms with Gasteiger partial charge in [0.25, 0.3) is 0 Å². The summed E-state index contributed by atoms with van der Waals surface area (Å²) in [6.07, 6.45) is 2.09. The fourth-order valence-corrected chi connectivity index (χ4v) is 2.08. The first-order chi connectivity index (χ1) is 7.34. The molecule has 1 nitrogen and oxygen atoms in total. The summed E-state index contributed by atoms with van der Waals surface area (Å²) >= 11 is 0. The molecule has 2 aromatic rings. The number of hydrogen-bond donors (Lipinski definition) is 1. The zero-order valence-corrected chi connectivity index (χ0v) is 8.56. The van der Waals surface area contributed by atoms with Crippen LogP contribution in [0.15, 0.2) is 42.5 Å². The highest BCUT2D eigenvalue weighted by Crippen LogP contribution is 2.41. The van der Waals surface area contributed by atoms with Crippen LogP contribution in [0.25, 0.3) is 10.8 Å². The topological polar surface area (TPSA) is 20.2 Å². The van der Waals surface area contributed by atoms with Gasteiger partial charge in [0.1, 0.15) is 0 Å². The number of benzene rings is 2. The van der Waals surface area contributed by atoms with Gasteiger partial charge in [-0.3, -0.25) is 0 Å². The Balaban J connectivity index is 2.05. The average Bonchev–Trinajstić information content (AvgIpc) is 3.11. The highest BCUT2D eigenvalue weighted by molar-refractivity contribution is 5.83. The summed E-state index contributed by atoms with van der Waals surface area (Å²) in [5.74, 6) is 0.506. The minimum absolute atomic E-state index is 0.255. The summed E-state index contributed by atoms with van der Waals surface area (Å²) in [6.45, 7) is 0. The second kappa shape index (κ2) is 3.35. The second-order valence-corrected chi connectivity index (χ2v) is 4.39. The standard InChI is InChI=1S/C14H14O/c15-14(11-6-7-11)13-8-5-10-3-1-2-4-12(10)9-13/h1-5,8-9,11,14-15H,6-7H2. The second-order valence-electron chi connectivity index (χ2n) is 4.39. The first kappa shape index (κ1) is 8.93. The molecule has 3 rings (SSSR count). The van der Waals surface area contributed by atoms with Gasteiger partial charge in [0.2, 0.25) is 0 Å². The van der Waals surface area contributed by atoms with Gasteiger partial charge in [0.15, 0.2) is 0 Å². The van der Waals surface area contributed by atoms with E-state index in [1.54, 1.807) is 0 Å². The van der Waals surface area contributed by atoms with Crippen LogP contribution < -0.4 is 0 Å². The molecule has 0 radical (unpaired) electrons. The monoisotopic (exact) mass is 198 g/mol. The summed E-state index contributed by atoms with van der Waals surface area (Å²) in [6, 6.07) is 14.5. The predicted molar refractivity (Wildman–Crippen MR) is 61.6 cm³/mol. The summed E-state index contributed by atoms with van der Waals surface area (Å²) in [5, 5.41) is 12.5. The normalized spacial score (nSPS) is 17.9. The Hall–Kier alpha value is -1.34. The van der Waals surface area contributed by atoms with Gasteiger partial charge in [-0.1, -0.05) is 36.4 Å². The Kier molecular flexibility index (Phi) is 2.00. The zero-order chi connectivity index (χ0) is 10.3. The van der Waals surface area contributed by atoms with E-state index in [4.69, 9.17) is 0 Å². The fraction of sp³-hybridized carbons (Fsp3) is 0.286. The van der Waals surface area contributed by atoms with Crippen molar-refractivity contribution in [3.8, 4) is 0 Å². The molecule has 0 spiro atoms. The van der Waals surface area contributed by atoms with Crippen molar-refractivity contribution in [2.24, 2.45) is 5.92 Å². The SMILES string of the molecule is OC(c1ccc2ccccc2c1)C1CC1. The maximum Gasteiger partial charge on any atom is 0.0818 e. The molecule has 2 aromatic carbocycles. The molecule has 1 unspecified atom stereocenters. The Bertz CT molecular complexity index is 485. The Morgan fingerprint density at radius 1 is 1.00 bits per heavy atom. The molecule has 15 heavy (non-hydrogen) atoms. The van der Waals surface area contributed by atoms with Crippen molar-refractivity contribution in [2.75, 3.05) is 0 Å². The maximum atomic E-state index is 10.0. The summed E-state index contributed by atoms with van der Waals surface area (Å²) < 4.78 is 0. The van der Waals surface area contributed by atoms with Crippen LogP contribution in [0.5, 0.6) is 0 Å². The highest BCUT2D eigenvalue weighted by atomic mass is 16.3. The maximum absolute atomic E-state index is 10.0. The van der Waals surface area contributed by atoms with Crippen molar-refractivity contribution >= 4 is 10.8 Å². The van der Waals surface area contributed by atoms with E-state index in [-0.39, 0.29) is 6.10 Å². The third-order valence-corrected chi connectivity index (χ3v) is 3.18. The summed E-state index contributed by atoms with van der Waals surface area (Å²) in [7, 11) is 0. The molecule has 1 heteroatoms. The Morgan fingerprint density at radius 3 is 2.47 bits per heavy atom. The molecule has 1 fully saturated rings. The van der Waals surface area contributed by atoms with Gasteiger partial charge in [-0.15, -0.1) is 0 Å². The molecule has 1 N–H and O–H groups in total. The van der Waals surface area contributed by atoms with Crippen molar-refractivity contribution in [1.82, 2.24) is 0 Å². The third-order valence-electron chi connectivity index (χ3n) is 3.18. The van der Waals surface area contributed by atoms with Crippen molar-refractivity contribution in [3.63, 3.8) is 0 Å². The lowest BCUT2D eigenvalue weighted by atomic mass is 10.0. The van der Waals surface area contributed by atoms with E-state index < -0.39 is 0 Å². The lowest BCUT2D eigenvalue weighted by Gasteiger charge is -2.10. The predicted octanol–water partition coefficient (Wildman–Crippen LogP) is 3.28. The van der Waals surface area contributed by atoms with E-state index in [1.165, 1.54) is 23.6 Å². The molecule has 0 amide bonds.